The van der Waals surface area contributed by atoms with E-state index in [2.05, 4.69) is 43.0 Å². The van der Waals surface area contributed by atoms with Crippen LogP contribution in [0.15, 0.2) is 42.5 Å². The van der Waals surface area contributed by atoms with Gasteiger partial charge in [-0.25, -0.2) is 0 Å². The first-order valence-corrected chi connectivity index (χ1v) is 12.8. The number of rotatable bonds is 15. The molecule has 0 saturated carbocycles. The van der Waals surface area contributed by atoms with E-state index in [0.29, 0.717) is 0 Å². The summed E-state index contributed by atoms with van der Waals surface area (Å²) in [6, 6.07) is 14.3. The standard InChI is InChI=1S/C30H44O/c1-3-4-5-6-7-8-9-10-11-12-13-14-15-16-17-20-25-30(2,31)29-24-23-27-21-18-19-22-28(27)26-29/h18-19,21-24,26,31H,3-17H2,1-2H3. The van der Waals surface area contributed by atoms with Crippen LogP contribution in [0.1, 0.15) is 116 Å². The molecular formula is C30H44O. The van der Waals surface area contributed by atoms with E-state index in [4.69, 9.17) is 0 Å². The quantitative estimate of drug-likeness (QED) is 0.225. The van der Waals surface area contributed by atoms with Crippen molar-refractivity contribution in [3.05, 3.63) is 48.0 Å². The zero-order valence-electron chi connectivity index (χ0n) is 20.1. The zero-order valence-corrected chi connectivity index (χ0v) is 20.1. The minimum Gasteiger partial charge on any atom is -0.374 e. The van der Waals surface area contributed by atoms with E-state index >= 15 is 0 Å². The second-order valence-electron chi connectivity index (χ2n) is 9.28. The third-order valence-corrected chi connectivity index (χ3v) is 6.30. The lowest BCUT2D eigenvalue weighted by atomic mass is 9.94. The molecule has 0 amide bonds. The number of benzene rings is 2. The molecule has 170 valence electrons. The molecule has 0 radical (unpaired) electrons. The molecule has 1 N–H and O–H groups in total. The Morgan fingerprint density at radius 2 is 1.19 bits per heavy atom. The van der Waals surface area contributed by atoms with Crippen molar-refractivity contribution in [2.75, 3.05) is 0 Å². The number of fused-ring (bicyclic) bond motifs is 1. The molecule has 1 nitrogen and oxygen atoms in total. The van der Waals surface area contributed by atoms with E-state index in [-0.39, 0.29) is 0 Å². The van der Waals surface area contributed by atoms with Crippen LogP contribution in [0.3, 0.4) is 0 Å². The molecule has 0 aromatic heterocycles. The summed E-state index contributed by atoms with van der Waals surface area (Å²) in [4.78, 5) is 0. The Kier molecular flexibility index (Phi) is 12.4. The van der Waals surface area contributed by atoms with Gasteiger partial charge in [0.05, 0.1) is 0 Å². The van der Waals surface area contributed by atoms with Gasteiger partial charge in [-0.15, -0.1) is 0 Å². The molecule has 0 aliphatic rings. The third-order valence-electron chi connectivity index (χ3n) is 6.30. The van der Waals surface area contributed by atoms with Crippen LogP contribution >= 0.6 is 0 Å². The minimum atomic E-state index is -1.08. The topological polar surface area (TPSA) is 20.2 Å². The minimum absolute atomic E-state index is 0.875. The maximum absolute atomic E-state index is 10.8. The number of hydrogen-bond acceptors (Lipinski definition) is 1. The van der Waals surface area contributed by atoms with Crippen molar-refractivity contribution in [2.45, 2.75) is 116 Å². The van der Waals surface area contributed by atoms with Crippen LogP contribution in [0.2, 0.25) is 0 Å². The summed E-state index contributed by atoms with van der Waals surface area (Å²) >= 11 is 0. The molecule has 0 saturated heterocycles. The van der Waals surface area contributed by atoms with Crippen molar-refractivity contribution in [1.29, 1.82) is 0 Å². The molecule has 2 aromatic rings. The lowest BCUT2D eigenvalue weighted by molar-refractivity contribution is 0.122. The van der Waals surface area contributed by atoms with Gasteiger partial charge in [0.1, 0.15) is 5.60 Å². The van der Waals surface area contributed by atoms with Crippen LogP contribution in [-0.4, -0.2) is 5.11 Å². The Morgan fingerprint density at radius 1 is 0.677 bits per heavy atom. The molecule has 1 atom stereocenters. The van der Waals surface area contributed by atoms with Gasteiger partial charge in [0.2, 0.25) is 0 Å². The lowest BCUT2D eigenvalue weighted by Crippen LogP contribution is -2.18. The fraction of sp³-hybridized carbons (Fsp3) is 0.600. The molecule has 0 fully saturated rings. The second-order valence-corrected chi connectivity index (χ2v) is 9.28. The van der Waals surface area contributed by atoms with Crippen molar-refractivity contribution in [1.82, 2.24) is 0 Å². The summed E-state index contributed by atoms with van der Waals surface area (Å²) in [6.07, 6.45) is 20.1. The van der Waals surface area contributed by atoms with Crippen molar-refractivity contribution >= 4 is 10.8 Å². The Hall–Kier alpha value is -1.78. The van der Waals surface area contributed by atoms with Crippen LogP contribution in [-0.2, 0) is 5.60 Å². The predicted octanol–water partition coefficient (Wildman–Crippen LogP) is 8.92. The second kappa shape index (κ2) is 15.1. The molecular weight excluding hydrogens is 376 g/mol. The summed E-state index contributed by atoms with van der Waals surface area (Å²) < 4.78 is 0. The average molecular weight is 421 g/mol. The molecule has 0 aliphatic carbocycles. The Balaban J connectivity index is 1.51. The van der Waals surface area contributed by atoms with Gasteiger partial charge in [0.25, 0.3) is 0 Å². The molecule has 0 aliphatic heterocycles. The average Bonchev–Trinajstić information content (AvgIpc) is 2.78. The highest BCUT2D eigenvalue weighted by Crippen LogP contribution is 2.24. The first-order chi connectivity index (χ1) is 15.1. The summed E-state index contributed by atoms with van der Waals surface area (Å²) in [5.41, 5.74) is -0.209. The molecule has 31 heavy (non-hydrogen) atoms. The van der Waals surface area contributed by atoms with E-state index in [9.17, 15) is 5.11 Å². The third kappa shape index (κ3) is 10.4. The molecule has 0 heterocycles. The van der Waals surface area contributed by atoms with Gasteiger partial charge >= 0.3 is 0 Å². The van der Waals surface area contributed by atoms with Gasteiger partial charge in [-0.05, 0) is 35.7 Å². The van der Waals surface area contributed by atoms with Gasteiger partial charge in [0, 0.05) is 6.42 Å². The normalized spacial score (nSPS) is 13.0. The van der Waals surface area contributed by atoms with Crippen molar-refractivity contribution in [3.8, 4) is 11.8 Å². The maximum atomic E-state index is 10.8. The number of aliphatic hydroxyl groups is 1. The predicted molar refractivity (Wildman–Crippen MR) is 136 cm³/mol. The first kappa shape index (κ1) is 25.5. The maximum Gasteiger partial charge on any atom is 0.148 e. The van der Waals surface area contributed by atoms with Gasteiger partial charge in [-0.1, -0.05) is 139 Å². The largest absolute Gasteiger partial charge is 0.374 e. The highest BCUT2D eigenvalue weighted by molar-refractivity contribution is 5.83. The smallest absolute Gasteiger partial charge is 0.148 e. The molecule has 2 aromatic carbocycles. The first-order valence-electron chi connectivity index (χ1n) is 12.8. The fourth-order valence-corrected chi connectivity index (χ4v) is 4.21. The van der Waals surface area contributed by atoms with Crippen LogP contribution in [0, 0.1) is 11.8 Å². The highest BCUT2D eigenvalue weighted by Gasteiger charge is 2.19. The lowest BCUT2D eigenvalue weighted by Gasteiger charge is -2.17. The Labute approximate surface area is 191 Å². The summed E-state index contributed by atoms with van der Waals surface area (Å²) in [5.74, 6) is 6.31. The van der Waals surface area contributed by atoms with E-state index in [1.807, 2.05) is 18.2 Å². The molecule has 1 heteroatoms. The number of unbranched alkanes of at least 4 members (excludes halogenated alkanes) is 14. The molecule has 2 rings (SSSR count). The summed E-state index contributed by atoms with van der Waals surface area (Å²) in [6.45, 7) is 4.08. The zero-order chi connectivity index (χ0) is 22.2. The van der Waals surface area contributed by atoms with Crippen molar-refractivity contribution in [3.63, 3.8) is 0 Å². The summed E-state index contributed by atoms with van der Waals surface area (Å²) in [7, 11) is 0. The highest BCUT2D eigenvalue weighted by atomic mass is 16.3. The van der Waals surface area contributed by atoms with Gasteiger partial charge in [0.15, 0.2) is 0 Å². The van der Waals surface area contributed by atoms with Crippen LogP contribution in [0.5, 0.6) is 0 Å². The van der Waals surface area contributed by atoms with Crippen molar-refractivity contribution in [2.24, 2.45) is 0 Å². The van der Waals surface area contributed by atoms with Crippen LogP contribution in [0.25, 0.3) is 10.8 Å². The fourth-order valence-electron chi connectivity index (χ4n) is 4.21. The SMILES string of the molecule is CCCCCCCCCCCCCCCCC#CC(C)(O)c1ccc2ccccc2c1. The van der Waals surface area contributed by atoms with E-state index in [0.717, 1.165) is 23.8 Å². The van der Waals surface area contributed by atoms with Crippen LogP contribution < -0.4 is 0 Å². The molecule has 1 unspecified atom stereocenters. The number of hydrogen-bond donors (Lipinski definition) is 1. The molecule has 0 bridgehead atoms. The van der Waals surface area contributed by atoms with E-state index < -0.39 is 5.60 Å². The van der Waals surface area contributed by atoms with E-state index in [1.165, 1.54) is 88.9 Å². The Morgan fingerprint density at radius 3 is 1.77 bits per heavy atom. The van der Waals surface area contributed by atoms with Gasteiger partial charge in [-0.2, -0.15) is 0 Å². The van der Waals surface area contributed by atoms with E-state index in [1.54, 1.807) is 6.92 Å². The summed E-state index contributed by atoms with van der Waals surface area (Å²) in [5, 5.41) is 13.1. The van der Waals surface area contributed by atoms with Crippen molar-refractivity contribution < 1.29 is 5.11 Å². The Bertz CT molecular complexity index is 793. The van der Waals surface area contributed by atoms with Gasteiger partial charge in [-0.3, -0.25) is 0 Å². The van der Waals surface area contributed by atoms with Gasteiger partial charge < -0.3 is 5.11 Å². The molecule has 0 spiro atoms. The van der Waals surface area contributed by atoms with Crippen LogP contribution in [0.4, 0.5) is 0 Å². The monoisotopic (exact) mass is 420 g/mol.